The highest BCUT2D eigenvalue weighted by atomic mass is 16.1. The van der Waals surface area contributed by atoms with E-state index < -0.39 is 0 Å². The van der Waals surface area contributed by atoms with Gasteiger partial charge in [0, 0.05) is 42.6 Å². The number of nitrogens with zero attached hydrogens (tertiary/aromatic N) is 3. The Hall–Kier alpha value is -2.73. The van der Waals surface area contributed by atoms with Gasteiger partial charge in [-0.2, -0.15) is 5.10 Å². The van der Waals surface area contributed by atoms with Crippen LogP contribution < -0.4 is 10.2 Å². The van der Waals surface area contributed by atoms with E-state index in [1.165, 1.54) is 31.5 Å². The normalized spacial score (nSPS) is 17.0. The minimum atomic E-state index is -0.0526. The molecule has 0 radical (unpaired) electrons. The van der Waals surface area contributed by atoms with E-state index in [0.717, 1.165) is 41.7 Å². The summed E-state index contributed by atoms with van der Waals surface area (Å²) in [4.78, 5) is 19.7. The minimum Gasteiger partial charge on any atom is -0.348 e. The van der Waals surface area contributed by atoms with E-state index in [4.69, 9.17) is 4.98 Å². The predicted octanol–water partition coefficient (Wildman–Crippen LogP) is 3.00. The van der Waals surface area contributed by atoms with E-state index in [1.54, 1.807) is 11.1 Å². The zero-order valence-corrected chi connectivity index (χ0v) is 18.5. The lowest BCUT2D eigenvalue weighted by molar-refractivity contribution is -0.901. The monoisotopic (exact) mass is 418 g/mol. The van der Waals surface area contributed by atoms with Crippen molar-refractivity contribution in [3.05, 3.63) is 58.9 Å². The molecule has 0 spiro atoms. The number of benzene rings is 1. The Bertz CT molecular complexity index is 1080. The first-order chi connectivity index (χ1) is 15.1. The smallest absolute Gasteiger partial charge is 0.252 e. The molecule has 162 valence electrons. The van der Waals surface area contributed by atoms with Gasteiger partial charge in [-0.3, -0.25) is 4.79 Å². The molecule has 2 aromatic heterocycles. The molecule has 2 aliphatic rings. The largest absolute Gasteiger partial charge is 0.348 e. The molecule has 1 aromatic carbocycles. The number of hydrogen-bond donors (Lipinski definition) is 2. The maximum Gasteiger partial charge on any atom is 0.252 e. The highest BCUT2D eigenvalue weighted by Gasteiger charge is 2.28. The number of rotatable bonds is 7. The number of pyridine rings is 1. The summed E-state index contributed by atoms with van der Waals surface area (Å²) < 4.78 is 1.92. The van der Waals surface area contributed by atoms with Crippen molar-refractivity contribution in [2.24, 2.45) is 0 Å². The molecule has 0 atom stereocenters. The van der Waals surface area contributed by atoms with Gasteiger partial charge in [-0.05, 0) is 38.3 Å². The van der Waals surface area contributed by atoms with Gasteiger partial charge in [-0.25, -0.2) is 9.67 Å². The van der Waals surface area contributed by atoms with Crippen LogP contribution in [0, 0.1) is 0 Å². The van der Waals surface area contributed by atoms with Gasteiger partial charge < -0.3 is 10.2 Å². The van der Waals surface area contributed by atoms with Crippen LogP contribution >= 0.6 is 0 Å². The van der Waals surface area contributed by atoms with Gasteiger partial charge in [-0.1, -0.05) is 24.3 Å². The summed E-state index contributed by atoms with van der Waals surface area (Å²) in [5, 5.41) is 8.45. The van der Waals surface area contributed by atoms with E-state index in [2.05, 4.69) is 48.5 Å². The fourth-order valence-corrected chi connectivity index (χ4v) is 4.58. The van der Waals surface area contributed by atoms with E-state index in [1.807, 2.05) is 10.7 Å². The lowest BCUT2D eigenvalue weighted by Crippen LogP contribution is -3.08. The van der Waals surface area contributed by atoms with Crippen molar-refractivity contribution >= 4 is 16.9 Å². The molecule has 2 N–H and O–H groups in total. The Labute approximate surface area is 183 Å². The van der Waals surface area contributed by atoms with Gasteiger partial charge >= 0.3 is 0 Å². The summed E-state index contributed by atoms with van der Waals surface area (Å²) in [5.41, 5.74) is 5.03. The maximum absolute atomic E-state index is 13.1. The van der Waals surface area contributed by atoms with Crippen LogP contribution in [0.4, 0.5) is 0 Å². The fraction of sp³-hybridized carbons (Fsp3) is 0.480. The van der Waals surface area contributed by atoms with Gasteiger partial charge in [0.25, 0.3) is 5.91 Å². The number of nitrogens with one attached hydrogen (secondary N) is 2. The lowest BCUT2D eigenvalue weighted by atomic mass is 10.1. The molecular weight excluding hydrogens is 386 g/mol. The standard InChI is InChI=1S/C25H31N5O/c1-17(2)30-24-22(15-27-30)21(13-23(28-24)20-9-10-20)25(31)26-14-18-5-7-19(8-6-18)16-29-11-3-4-12-29/h5-8,13,15,17,20H,3-4,9-12,14,16H2,1-2H3,(H,26,31)/p+1. The van der Waals surface area contributed by atoms with Gasteiger partial charge in [0.15, 0.2) is 5.65 Å². The molecule has 6 heteroatoms. The highest BCUT2D eigenvalue weighted by molar-refractivity contribution is 6.05. The van der Waals surface area contributed by atoms with E-state index in [9.17, 15) is 4.79 Å². The van der Waals surface area contributed by atoms with Crippen LogP contribution in [0.3, 0.4) is 0 Å². The molecule has 0 bridgehead atoms. The predicted molar refractivity (Wildman–Crippen MR) is 121 cm³/mol. The Morgan fingerprint density at radius 2 is 1.87 bits per heavy atom. The zero-order valence-electron chi connectivity index (χ0n) is 18.5. The van der Waals surface area contributed by atoms with E-state index >= 15 is 0 Å². The van der Waals surface area contributed by atoms with Crippen LogP contribution in [0.1, 0.15) is 78.7 Å². The third kappa shape index (κ3) is 4.35. The average molecular weight is 419 g/mol. The van der Waals surface area contributed by atoms with Gasteiger partial charge in [0.1, 0.15) is 6.54 Å². The number of fused-ring (bicyclic) bond motifs is 1. The summed E-state index contributed by atoms with van der Waals surface area (Å²) in [6.07, 6.45) is 6.78. The third-order valence-electron chi connectivity index (χ3n) is 6.56. The van der Waals surface area contributed by atoms with Gasteiger partial charge in [0.05, 0.1) is 30.2 Å². The molecule has 3 aromatic rings. The molecule has 1 saturated carbocycles. The molecular formula is C25H32N5O+. The maximum atomic E-state index is 13.1. The second-order valence-electron chi connectivity index (χ2n) is 9.42. The Kier molecular flexibility index (Phi) is 5.48. The van der Waals surface area contributed by atoms with E-state index in [0.29, 0.717) is 18.0 Å². The molecule has 2 fully saturated rings. The number of likely N-dealkylation sites (tertiary alicyclic amines) is 1. The van der Waals surface area contributed by atoms with Crippen LogP contribution in [0.2, 0.25) is 0 Å². The molecule has 1 aliphatic carbocycles. The topological polar surface area (TPSA) is 64.2 Å². The van der Waals surface area contributed by atoms with Crippen LogP contribution in [0.15, 0.2) is 36.5 Å². The van der Waals surface area contributed by atoms with Crippen molar-refractivity contribution in [3.63, 3.8) is 0 Å². The number of quaternary nitrogens is 1. The van der Waals surface area contributed by atoms with Gasteiger partial charge in [-0.15, -0.1) is 0 Å². The first kappa shape index (κ1) is 20.2. The average Bonchev–Trinajstić information content (AvgIpc) is 3.32. The Morgan fingerprint density at radius 1 is 1.16 bits per heavy atom. The quantitative estimate of drug-likeness (QED) is 0.620. The number of hydrogen-bond acceptors (Lipinski definition) is 3. The van der Waals surface area contributed by atoms with Crippen LogP contribution in [-0.2, 0) is 13.1 Å². The molecule has 1 saturated heterocycles. The fourth-order valence-electron chi connectivity index (χ4n) is 4.58. The molecule has 3 heterocycles. The molecule has 1 aliphatic heterocycles. The number of aromatic nitrogens is 3. The van der Waals surface area contributed by atoms with Crippen molar-refractivity contribution in [2.45, 2.75) is 64.6 Å². The first-order valence-corrected chi connectivity index (χ1v) is 11.7. The SMILES string of the molecule is CC(C)n1ncc2c(C(=O)NCc3ccc(C[NH+]4CCCC4)cc3)cc(C3CC3)nc21. The highest BCUT2D eigenvalue weighted by Crippen LogP contribution is 2.40. The van der Waals surface area contributed by atoms with Crippen molar-refractivity contribution in [2.75, 3.05) is 13.1 Å². The minimum absolute atomic E-state index is 0.0526. The molecule has 31 heavy (non-hydrogen) atoms. The molecule has 5 rings (SSSR count). The second-order valence-corrected chi connectivity index (χ2v) is 9.42. The van der Waals surface area contributed by atoms with Crippen LogP contribution in [0.5, 0.6) is 0 Å². The summed E-state index contributed by atoms with van der Waals surface area (Å²) in [6.45, 7) is 8.38. The summed E-state index contributed by atoms with van der Waals surface area (Å²) in [5.74, 6) is 0.430. The third-order valence-corrected chi connectivity index (χ3v) is 6.56. The summed E-state index contributed by atoms with van der Waals surface area (Å²) in [7, 11) is 0. The molecule has 6 nitrogen and oxygen atoms in total. The van der Waals surface area contributed by atoms with Crippen molar-refractivity contribution < 1.29 is 9.69 Å². The van der Waals surface area contributed by atoms with Crippen molar-refractivity contribution in [3.8, 4) is 0 Å². The van der Waals surface area contributed by atoms with E-state index in [-0.39, 0.29) is 11.9 Å². The lowest BCUT2D eigenvalue weighted by Gasteiger charge is -2.13. The summed E-state index contributed by atoms with van der Waals surface area (Å²) in [6, 6.07) is 10.9. The second kappa shape index (κ2) is 8.42. The number of carbonyl (C=O) groups is 1. The van der Waals surface area contributed by atoms with Gasteiger partial charge in [0.2, 0.25) is 0 Å². The molecule has 1 amide bonds. The Morgan fingerprint density at radius 3 is 2.55 bits per heavy atom. The number of carbonyl (C=O) groups excluding carboxylic acids is 1. The Balaban J connectivity index is 1.31. The first-order valence-electron chi connectivity index (χ1n) is 11.7. The molecule has 0 unspecified atom stereocenters. The van der Waals surface area contributed by atoms with Crippen LogP contribution in [0.25, 0.3) is 11.0 Å². The van der Waals surface area contributed by atoms with Crippen molar-refractivity contribution in [1.29, 1.82) is 0 Å². The van der Waals surface area contributed by atoms with Crippen LogP contribution in [-0.4, -0.2) is 33.8 Å². The zero-order chi connectivity index (χ0) is 21.4. The summed E-state index contributed by atoms with van der Waals surface area (Å²) >= 11 is 0. The van der Waals surface area contributed by atoms with Crippen molar-refractivity contribution in [1.82, 2.24) is 20.1 Å². The number of amides is 1.